The summed E-state index contributed by atoms with van der Waals surface area (Å²) in [4.78, 5) is 33.3. The Bertz CT molecular complexity index is 1210. The van der Waals surface area contributed by atoms with Crippen molar-refractivity contribution < 1.29 is 23.8 Å². The van der Waals surface area contributed by atoms with E-state index in [-0.39, 0.29) is 11.8 Å². The van der Waals surface area contributed by atoms with Crippen LogP contribution in [-0.2, 0) is 11.3 Å². The monoisotopic (exact) mass is 489 g/mol. The first kappa shape index (κ1) is 25.0. The van der Waals surface area contributed by atoms with Crippen LogP contribution in [0.25, 0.3) is 0 Å². The van der Waals surface area contributed by atoms with Gasteiger partial charge < -0.3 is 24.4 Å². The zero-order valence-electron chi connectivity index (χ0n) is 21.0. The van der Waals surface area contributed by atoms with Crippen molar-refractivity contribution in [2.24, 2.45) is 0 Å². The second-order valence-corrected chi connectivity index (χ2v) is 8.54. The molecule has 0 radical (unpaired) electrons. The molecular formula is C28H31N3O5. The summed E-state index contributed by atoms with van der Waals surface area (Å²) >= 11 is 0. The standard InChI is InChI=1S/C28H31N3O5/c1-5-14-31-25(19-15-22(34-2)26(36-4)23(16-19)35-3)24(20-8-6-7-9-21(20)28(31)33)27(32)30-17-18-10-12-29-13-11-18/h6-13,15-16,24-25H,5,14,17H2,1-4H3,(H,30,32). The average molecular weight is 490 g/mol. The van der Waals surface area contributed by atoms with E-state index in [4.69, 9.17) is 14.2 Å². The molecule has 36 heavy (non-hydrogen) atoms. The van der Waals surface area contributed by atoms with Gasteiger partial charge in [-0.15, -0.1) is 0 Å². The van der Waals surface area contributed by atoms with Crippen LogP contribution >= 0.6 is 0 Å². The molecule has 1 aliphatic rings. The molecule has 2 unspecified atom stereocenters. The molecule has 0 bridgehead atoms. The number of ether oxygens (including phenoxy) is 3. The van der Waals surface area contributed by atoms with E-state index in [0.717, 1.165) is 17.5 Å². The molecule has 0 fully saturated rings. The van der Waals surface area contributed by atoms with Gasteiger partial charge in [-0.1, -0.05) is 25.1 Å². The molecule has 188 valence electrons. The van der Waals surface area contributed by atoms with Crippen molar-refractivity contribution in [2.75, 3.05) is 27.9 Å². The van der Waals surface area contributed by atoms with Gasteiger partial charge >= 0.3 is 0 Å². The quantitative estimate of drug-likeness (QED) is 0.487. The molecule has 0 aliphatic carbocycles. The summed E-state index contributed by atoms with van der Waals surface area (Å²) < 4.78 is 16.7. The summed E-state index contributed by atoms with van der Waals surface area (Å²) in [6.07, 6.45) is 4.12. The Morgan fingerprint density at radius 3 is 2.28 bits per heavy atom. The molecule has 1 aromatic heterocycles. The number of hydrogen-bond donors (Lipinski definition) is 1. The van der Waals surface area contributed by atoms with Crippen LogP contribution < -0.4 is 19.5 Å². The highest BCUT2D eigenvalue weighted by Gasteiger charge is 2.44. The van der Waals surface area contributed by atoms with Crippen LogP contribution in [0.2, 0.25) is 0 Å². The summed E-state index contributed by atoms with van der Waals surface area (Å²) in [7, 11) is 4.63. The summed E-state index contributed by atoms with van der Waals surface area (Å²) in [6, 6.07) is 14.1. The molecule has 0 saturated heterocycles. The van der Waals surface area contributed by atoms with Crippen LogP contribution in [0, 0.1) is 0 Å². The number of rotatable bonds is 9. The Hall–Kier alpha value is -4.07. The van der Waals surface area contributed by atoms with E-state index in [1.807, 2.05) is 49.4 Å². The van der Waals surface area contributed by atoms with Crippen molar-refractivity contribution in [3.63, 3.8) is 0 Å². The van der Waals surface area contributed by atoms with Gasteiger partial charge in [0.15, 0.2) is 11.5 Å². The molecule has 4 rings (SSSR count). The van der Waals surface area contributed by atoms with Crippen LogP contribution in [0.1, 0.15) is 52.4 Å². The number of hydrogen-bond acceptors (Lipinski definition) is 6. The predicted octanol–water partition coefficient (Wildman–Crippen LogP) is 4.11. The number of benzene rings is 2. The van der Waals surface area contributed by atoms with Crippen LogP contribution in [-0.4, -0.2) is 49.6 Å². The predicted molar refractivity (Wildman–Crippen MR) is 135 cm³/mol. The Morgan fingerprint density at radius 1 is 1.00 bits per heavy atom. The maximum absolute atomic E-state index is 13.9. The second-order valence-electron chi connectivity index (χ2n) is 8.54. The average Bonchev–Trinajstić information content (AvgIpc) is 2.92. The molecule has 2 aromatic carbocycles. The van der Waals surface area contributed by atoms with Gasteiger partial charge in [0.25, 0.3) is 5.91 Å². The lowest BCUT2D eigenvalue weighted by Gasteiger charge is -2.42. The highest BCUT2D eigenvalue weighted by molar-refractivity contribution is 6.01. The van der Waals surface area contributed by atoms with Crippen molar-refractivity contribution in [1.29, 1.82) is 0 Å². The van der Waals surface area contributed by atoms with E-state index in [0.29, 0.717) is 41.5 Å². The van der Waals surface area contributed by atoms with Crippen molar-refractivity contribution in [3.05, 3.63) is 83.2 Å². The van der Waals surface area contributed by atoms with Crippen LogP contribution in [0.15, 0.2) is 60.9 Å². The van der Waals surface area contributed by atoms with E-state index >= 15 is 0 Å². The van der Waals surface area contributed by atoms with Gasteiger partial charge in [0, 0.05) is 31.0 Å². The SMILES string of the molecule is CCCN1C(=O)c2ccccc2C(C(=O)NCc2ccncc2)C1c1cc(OC)c(OC)c(OC)c1. The fraction of sp³-hybridized carbons (Fsp3) is 0.321. The van der Waals surface area contributed by atoms with E-state index in [2.05, 4.69) is 10.3 Å². The van der Waals surface area contributed by atoms with Crippen LogP contribution in [0.5, 0.6) is 17.2 Å². The molecule has 2 atom stereocenters. The molecule has 1 aliphatic heterocycles. The minimum Gasteiger partial charge on any atom is -0.493 e. The Morgan fingerprint density at radius 2 is 1.67 bits per heavy atom. The molecule has 2 heterocycles. The third kappa shape index (κ3) is 4.71. The molecule has 1 N–H and O–H groups in total. The lowest BCUT2D eigenvalue weighted by atomic mass is 9.79. The first-order chi connectivity index (χ1) is 17.5. The van der Waals surface area contributed by atoms with Crippen molar-refractivity contribution in [2.45, 2.75) is 31.8 Å². The Kier molecular flexibility index (Phi) is 7.73. The number of nitrogens with one attached hydrogen (secondary N) is 1. The van der Waals surface area contributed by atoms with Crippen molar-refractivity contribution >= 4 is 11.8 Å². The van der Waals surface area contributed by atoms with E-state index in [1.54, 1.807) is 44.7 Å². The molecule has 3 aromatic rings. The number of carbonyl (C=O) groups excluding carboxylic acids is 2. The number of amides is 2. The molecule has 8 nitrogen and oxygen atoms in total. The Labute approximate surface area is 211 Å². The van der Waals surface area contributed by atoms with Gasteiger partial charge in [-0.25, -0.2) is 0 Å². The first-order valence-electron chi connectivity index (χ1n) is 11.9. The van der Waals surface area contributed by atoms with Crippen molar-refractivity contribution in [3.8, 4) is 17.2 Å². The lowest BCUT2D eigenvalue weighted by molar-refractivity contribution is -0.124. The van der Waals surface area contributed by atoms with Gasteiger partial charge in [-0.05, 0) is 53.4 Å². The maximum atomic E-state index is 13.9. The summed E-state index contributed by atoms with van der Waals surface area (Å²) in [5.41, 5.74) is 2.90. The van der Waals surface area contributed by atoms with E-state index in [1.165, 1.54) is 0 Å². The molecule has 8 heteroatoms. The normalized spacial score (nSPS) is 16.8. The summed E-state index contributed by atoms with van der Waals surface area (Å²) in [5.74, 6) is 0.453. The number of fused-ring (bicyclic) bond motifs is 1. The fourth-order valence-electron chi connectivity index (χ4n) is 4.80. The second kappa shape index (κ2) is 11.1. The zero-order chi connectivity index (χ0) is 25.7. The maximum Gasteiger partial charge on any atom is 0.254 e. The number of carbonyl (C=O) groups is 2. The number of pyridine rings is 1. The largest absolute Gasteiger partial charge is 0.493 e. The van der Waals surface area contributed by atoms with E-state index < -0.39 is 12.0 Å². The Balaban J connectivity index is 1.85. The smallest absolute Gasteiger partial charge is 0.254 e. The minimum atomic E-state index is -0.643. The first-order valence-corrected chi connectivity index (χ1v) is 11.9. The number of methoxy groups -OCH3 is 3. The topological polar surface area (TPSA) is 90.0 Å². The van der Waals surface area contributed by atoms with Gasteiger partial charge in [0.2, 0.25) is 11.7 Å². The van der Waals surface area contributed by atoms with Gasteiger partial charge in [-0.2, -0.15) is 0 Å². The van der Waals surface area contributed by atoms with Gasteiger partial charge in [0.05, 0.1) is 33.3 Å². The van der Waals surface area contributed by atoms with Gasteiger partial charge in [0.1, 0.15) is 0 Å². The molecule has 0 saturated carbocycles. The third-order valence-electron chi connectivity index (χ3n) is 6.43. The van der Waals surface area contributed by atoms with Gasteiger partial charge in [-0.3, -0.25) is 14.6 Å². The third-order valence-corrected chi connectivity index (χ3v) is 6.43. The van der Waals surface area contributed by atoms with Crippen molar-refractivity contribution in [1.82, 2.24) is 15.2 Å². The molecule has 0 spiro atoms. The lowest BCUT2D eigenvalue weighted by Crippen LogP contribution is -2.47. The highest BCUT2D eigenvalue weighted by atomic mass is 16.5. The summed E-state index contributed by atoms with van der Waals surface area (Å²) in [6.45, 7) is 2.85. The molecular weight excluding hydrogens is 458 g/mol. The summed E-state index contributed by atoms with van der Waals surface area (Å²) in [5, 5.41) is 3.07. The highest BCUT2D eigenvalue weighted by Crippen LogP contribution is 2.47. The van der Waals surface area contributed by atoms with Crippen LogP contribution in [0.4, 0.5) is 0 Å². The number of aromatic nitrogens is 1. The molecule has 2 amide bonds. The fourth-order valence-corrected chi connectivity index (χ4v) is 4.80. The van der Waals surface area contributed by atoms with E-state index in [9.17, 15) is 9.59 Å². The van der Waals surface area contributed by atoms with Crippen LogP contribution in [0.3, 0.4) is 0 Å². The number of nitrogens with zero attached hydrogens (tertiary/aromatic N) is 2. The zero-order valence-corrected chi connectivity index (χ0v) is 21.0. The minimum absolute atomic E-state index is 0.107.